The number of carbonyl (C=O) groups excluding carboxylic acids is 1. The van der Waals surface area contributed by atoms with Crippen LogP contribution in [0.25, 0.3) is 0 Å². The third-order valence-electron chi connectivity index (χ3n) is 6.18. The van der Waals surface area contributed by atoms with E-state index >= 15 is 0 Å². The van der Waals surface area contributed by atoms with Gasteiger partial charge >= 0.3 is 7.82 Å². The zero-order valence-corrected chi connectivity index (χ0v) is 25.2. The molecule has 0 aromatic carbocycles. The molecule has 0 aromatic rings. The standard InChI is InChI=1S/C27H57N2O6P/c1-7-9-10-11-12-13-14-15-16-17-18-19-20-21-22-26(30)28-27(25(3)33-8-2)35-36(31,32)34-24-23-29(4,5)6/h25,27H,7-24H2,1-6H3,(H-,28,30,31,32)/p+1. The van der Waals surface area contributed by atoms with Crippen LogP contribution in [0.3, 0.4) is 0 Å². The summed E-state index contributed by atoms with van der Waals surface area (Å²) in [5, 5.41) is 2.71. The summed E-state index contributed by atoms with van der Waals surface area (Å²) in [5.74, 6) is -0.211. The molecule has 0 saturated heterocycles. The maximum atomic E-state index is 12.5. The number of hydrogen-bond acceptors (Lipinski definition) is 5. The van der Waals surface area contributed by atoms with Crippen molar-refractivity contribution in [1.82, 2.24) is 5.32 Å². The Balaban J connectivity index is 4.09. The molecule has 9 heteroatoms. The largest absolute Gasteiger partial charge is 0.474 e. The van der Waals surface area contributed by atoms with Crippen LogP contribution in [-0.2, 0) is 23.1 Å². The Morgan fingerprint density at radius 2 is 1.33 bits per heavy atom. The minimum absolute atomic E-state index is 0.0695. The molecule has 0 aliphatic heterocycles. The van der Waals surface area contributed by atoms with Crippen molar-refractivity contribution in [1.29, 1.82) is 0 Å². The van der Waals surface area contributed by atoms with Crippen LogP contribution in [0.4, 0.5) is 0 Å². The van der Waals surface area contributed by atoms with Gasteiger partial charge in [-0.2, -0.15) is 0 Å². The van der Waals surface area contributed by atoms with Crippen molar-refractivity contribution >= 4 is 13.7 Å². The van der Waals surface area contributed by atoms with E-state index in [1.54, 1.807) is 6.92 Å². The van der Waals surface area contributed by atoms with Gasteiger partial charge in [0.2, 0.25) is 5.91 Å². The summed E-state index contributed by atoms with van der Waals surface area (Å²) in [6, 6.07) is 0. The van der Waals surface area contributed by atoms with Gasteiger partial charge in [-0.15, -0.1) is 0 Å². The number of phosphoric acid groups is 1. The lowest BCUT2D eigenvalue weighted by molar-refractivity contribution is -0.870. The highest BCUT2D eigenvalue weighted by Crippen LogP contribution is 2.44. The van der Waals surface area contributed by atoms with E-state index in [1.807, 2.05) is 28.1 Å². The number of likely N-dealkylation sites (N-methyl/N-ethyl adjacent to an activating group) is 1. The van der Waals surface area contributed by atoms with Crippen LogP contribution in [0, 0.1) is 0 Å². The average molecular weight is 538 g/mol. The number of phosphoric ester groups is 1. The lowest BCUT2D eigenvalue weighted by Crippen LogP contribution is -2.44. The minimum atomic E-state index is -4.33. The van der Waals surface area contributed by atoms with Crippen LogP contribution in [0.5, 0.6) is 0 Å². The molecule has 0 aromatic heterocycles. The SMILES string of the molecule is CCCCCCCCCCCCCCCCC(=O)NC(OP(=O)(O)OCC[N+](C)(C)C)C(C)OCC. The predicted octanol–water partition coefficient (Wildman–Crippen LogP) is 6.56. The molecule has 0 bridgehead atoms. The molecule has 0 radical (unpaired) electrons. The molecule has 0 saturated carbocycles. The van der Waals surface area contributed by atoms with Gasteiger partial charge in [0.05, 0.1) is 27.2 Å². The third-order valence-corrected chi connectivity index (χ3v) is 7.18. The molecule has 216 valence electrons. The number of nitrogens with one attached hydrogen (secondary N) is 1. The second-order valence-electron chi connectivity index (χ2n) is 10.9. The molecule has 8 nitrogen and oxygen atoms in total. The fraction of sp³-hybridized carbons (Fsp3) is 0.963. The summed E-state index contributed by atoms with van der Waals surface area (Å²) in [4.78, 5) is 22.6. The molecule has 36 heavy (non-hydrogen) atoms. The Hall–Kier alpha value is -0.500. The maximum Gasteiger partial charge on any atom is 0.474 e. The van der Waals surface area contributed by atoms with Crippen LogP contribution in [0.1, 0.15) is 117 Å². The summed E-state index contributed by atoms with van der Waals surface area (Å²) >= 11 is 0. The second-order valence-corrected chi connectivity index (χ2v) is 12.3. The van der Waals surface area contributed by atoms with E-state index in [-0.39, 0.29) is 12.5 Å². The quantitative estimate of drug-likeness (QED) is 0.0592. The van der Waals surface area contributed by atoms with E-state index < -0.39 is 20.2 Å². The summed E-state index contributed by atoms with van der Waals surface area (Å²) in [5.41, 5.74) is 0. The molecule has 0 fully saturated rings. The number of hydrogen-bond donors (Lipinski definition) is 2. The fourth-order valence-electron chi connectivity index (χ4n) is 3.89. The molecule has 0 aliphatic carbocycles. The summed E-state index contributed by atoms with van der Waals surface area (Å²) in [7, 11) is 1.55. The van der Waals surface area contributed by atoms with Crippen LogP contribution in [-0.4, -0.2) is 68.5 Å². The van der Waals surface area contributed by atoms with Crippen molar-refractivity contribution in [3.8, 4) is 0 Å². The van der Waals surface area contributed by atoms with Gasteiger partial charge in [-0.05, 0) is 20.3 Å². The molecule has 0 heterocycles. The zero-order chi connectivity index (χ0) is 27.3. The number of unbranched alkanes of at least 4 members (excludes halogenated alkanes) is 13. The van der Waals surface area contributed by atoms with Crippen molar-refractivity contribution in [2.75, 3.05) is 40.9 Å². The van der Waals surface area contributed by atoms with E-state index in [0.29, 0.717) is 24.1 Å². The topological polar surface area (TPSA) is 94.1 Å². The maximum absolute atomic E-state index is 12.5. The van der Waals surface area contributed by atoms with Crippen LogP contribution in [0.2, 0.25) is 0 Å². The molecule has 3 atom stereocenters. The molecular formula is C27H58N2O6P+. The van der Waals surface area contributed by atoms with E-state index in [1.165, 1.54) is 70.6 Å². The first-order valence-electron chi connectivity index (χ1n) is 14.4. The van der Waals surface area contributed by atoms with Crippen molar-refractivity contribution in [2.45, 2.75) is 129 Å². The fourth-order valence-corrected chi connectivity index (χ4v) is 4.78. The molecular weight excluding hydrogens is 479 g/mol. The number of rotatable bonds is 25. The van der Waals surface area contributed by atoms with Gasteiger partial charge in [-0.25, -0.2) is 4.57 Å². The average Bonchev–Trinajstić information content (AvgIpc) is 2.77. The smallest absolute Gasteiger partial charge is 0.374 e. The third kappa shape index (κ3) is 22.7. The second kappa shape index (κ2) is 21.4. The summed E-state index contributed by atoms with van der Waals surface area (Å²) < 4.78 is 28.9. The lowest BCUT2D eigenvalue weighted by Gasteiger charge is -2.27. The van der Waals surface area contributed by atoms with Gasteiger partial charge in [0, 0.05) is 13.0 Å². The van der Waals surface area contributed by atoms with Crippen LogP contribution in [0.15, 0.2) is 0 Å². The molecule has 0 aliphatic rings. The highest BCUT2D eigenvalue weighted by molar-refractivity contribution is 7.47. The zero-order valence-electron chi connectivity index (χ0n) is 24.3. The first kappa shape index (κ1) is 35.5. The summed E-state index contributed by atoms with van der Waals surface area (Å²) in [6.07, 6.45) is 16.4. The Morgan fingerprint density at radius 1 is 0.861 bits per heavy atom. The lowest BCUT2D eigenvalue weighted by atomic mass is 10.0. The van der Waals surface area contributed by atoms with Crippen LogP contribution < -0.4 is 5.32 Å². The van der Waals surface area contributed by atoms with Gasteiger partial charge in [-0.1, -0.05) is 90.4 Å². The van der Waals surface area contributed by atoms with E-state index in [0.717, 1.165) is 19.3 Å². The molecule has 0 rings (SSSR count). The van der Waals surface area contributed by atoms with E-state index in [2.05, 4.69) is 12.2 Å². The molecule has 2 N–H and O–H groups in total. The van der Waals surface area contributed by atoms with Crippen molar-refractivity contribution in [3.63, 3.8) is 0 Å². The van der Waals surface area contributed by atoms with Crippen molar-refractivity contribution < 1.29 is 32.5 Å². The Morgan fingerprint density at radius 3 is 1.78 bits per heavy atom. The van der Waals surface area contributed by atoms with E-state index in [9.17, 15) is 14.3 Å². The van der Waals surface area contributed by atoms with Gasteiger partial charge in [-0.3, -0.25) is 13.8 Å². The highest BCUT2D eigenvalue weighted by Gasteiger charge is 2.32. The number of ether oxygens (including phenoxy) is 1. The summed E-state index contributed by atoms with van der Waals surface area (Å²) in [6.45, 7) is 6.79. The number of quaternary nitrogens is 1. The van der Waals surface area contributed by atoms with Gasteiger partial charge in [0.1, 0.15) is 13.2 Å². The number of amides is 1. The van der Waals surface area contributed by atoms with Crippen molar-refractivity contribution in [2.24, 2.45) is 0 Å². The normalized spacial score (nSPS) is 15.4. The molecule has 3 unspecified atom stereocenters. The first-order chi connectivity index (χ1) is 17.0. The van der Waals surface area contributed by atoms with Gasteiger partial charge < -0.3 is 19.4 Å². The van der Waals surface area contributed by atoms with Crippen molar-refractivity contribution in [3.05, 3.63) is 0 Å². The molecule has 1 amide bonds. The molecule has 0 spiro atoms. The predicted molar refractivity (Wildman–Crippen MR) is 148 cm³/mol. The Kier molecular flexibility index (Phi) is 21.1. The Labute approximate surface area is 222 Å². The van der Waals surface area contributed by atoms with Gasteiger partial charge in [0.25, 0.3) is 0 Å². The van der Waals surface area contributed by atoms with Gasteiger partial charge in [0.15, 0.2) is 6.23 Å². The first-order valence-corrected chi connectivity index (χ1v) is 15.9. The minimum Gasteiger partial charge on any atom is -0.374 e. The van der Waals surface area contributed by atoms with E-state index in [4.69, 9.17) is 13.8 Å². The monoisotopic (exact) mass is 537 g/mol. The van der Waals surface area contributed by atoms with Crippen LogP contribution >= 0.6 is 7.82 Å². The Bertz CT molecular complexity index is 585. The number of carbonyl (C=O) groups is 1. The number of nitrogens with zero attached hydrogens (tertiary/aromatic N) is 1. The highest BCUT2D eigenvalue weighted by atomic mass is 31.2.